The summed E-state index contributed by atoms with van der Waals surface area (Å²) in [6.45, 7) is -1.51. The number of hydrogen-bond donors (Lipinski definition) is 2. The van der Waals surface area contributed by atoms with E-state index in [0.29, 0.717) is 18.4 Å². The van der Waals surface area contributed by atoms with Crippen LogP contribution in [0.2, 0.25) is 10.0 Å². The van der Waals surface area contributed by atoms with Crippen molar-refractivity contribution in [3.8, 4) is 17.0 Å². The van der Waals surface area contributed by atoms with Crippen molar-refractivity contribution >= 4 is 29.1 Å². The Bertz CT molecular complexity index is 925. The minimum absolute atomic E-state index is 0.0202. The fourth-order valence-corrected chi connectivity index (χ4v) is 3.52. The molecule has 0 radical (unpaired) electrons. The number of benzene rings is 1. The molecular formula is C20H19Cl2F3N2O3. The minimum Gasteiger partial charge on any atom is -0.482 e. The first-order valence-corrected chi connectivity index (χ1v) is 10.0. The van der Waals surface area contributed by atoms with Crippen LogP contribution in [0.5, 0.6) is 5.75 Å². The molecular weight excluding hydrogens is 444 g/mol. The Hall–Kier alpha value is -2.03. The Morgan fingerprint density at radius 1 is 1.17 bits per heavy atom. The molecule has 3 rings (SSSR count). The van der Waals surface area contributed by atoms with Gasteiger partial charge in [-0.1, -0.05) is 42.1 Å². The van der Waals surface area contributed by atoms with Crippen molar-refractivity contribution in [2.24, 2.45) is 0 Å². The lowest BCUT2D eigenvalue weighted by Crippen LogP contribution is -2.45. The van der Waals surface area contributed by atoms with Gasteiger partial charge in [0.05, 0.1) is 22.2 Å². The highest BCUT2D eigenvalue weighted by Gasteiger charge is 2.30. The van der Waals surface area contributed by atoms with E-state index >= 15 is 0 Å². The maximum atomic E-state index is 12.6. The number of carbonyl (C=O) groups excluding carboxylic acids is 1. The van der Waals surface area contributed by atoms with E-state index in [4.69, 9.17) is 27.9 Å². The highest BCUT2D eigenvalue weighted by Crippen LogP contribution is 2.34. The monoisotopic (exact) mass is 462 g/mol. The number of hydrogen-bond acceptors (Lipinski definition) is 4. The van der Waals surface area contributed by atoms with Crippen molar-refractivity contribution in [2.75, 3.05) is 6.61 Å². The van der Waals surface area contributed by atoms with Gasteiger partial charge in [0.25, 0.3) is 5.91 Å². The molecule has 5 nitrogen and oxygen atoms in total. The smallest absolute Gasteiger partial charge is 0.422 e. The van der Waals surface area contributed by atoms with Crippen molar-refractivity contribution in [1.29, 1.82) is 0 Å². The van der Waals surface area contributed by atoms with Crippen LogP contribution < -0.4 is 10.1 Å². The van der Waals surface area contributed by atoms with Crippen molar-refractivity contribution in [1.82, 2.24) is 10.3 Å². The third kappa shape index (κ3) is 5.77. The number of nitrogens with zero attached hydrogens (tertiary/aromatic N) is 1. The third-order valence-corrected chi connectivity index (χ3v) is 5.46. The zero-order chi connectivity index (χ0) is 21.9. The Kier molecular flexibility index (Phi) is 7.10. The number of alkyl halides is 3. The van der Waals surface area contributed by atoms with Gasteiger partial charge in [-0.15, -0.1) is 0 Å². The zero-order valence-electron chi connectivity index (χ0n) is 15.7. The van der Waals surface area contributed by atoms with Gasteiger partial charge in [0.1, 0.15) is 17.1 Å². The predicted molar refractivity (Wildman–Crippen MR) is 107 cm³/mol. The molecule has 0 spiro atoms. The maximum Gasteiger partial charge on any atom is 0.422 e. The van der Waals surface area contributed by atoms with Crippen LogP contribution in [0.4, 0.5) is 13.2 Å². The van der Waals surface area contributed by atoms with Crippen LogP contribution in [-0.4, -0.2) is 40.9 Å². The van der Waals surface area contributed by atoms with Crippen molar-refractivity contribution in [3.05, 3.63) is 46.1 Å². The van der Waals surface area contributed by atoms with Crippen LogP contribution in [0.3, 0.4) is 0 Å². The van der Waals surface area contributed by atoms with Crippen LogP contribution in [0.15, 0.2) is 30.3 Å². The first kappa shape index (κ1) is 22.7. The number of nitrogens with one attached hydrogen (secondary N) is 1. The van der Waals surface area contributed by atoms with E-state index in [0.717, 1.165) is 12.8 Å². The molecule has 0 bridgehead atoms. The van der Waals surface area contributed by atoms with Crippen LogP contribution in [0.1, 0.15) is 36.2 Å². The lowest BCUT2D eigenvalue weighted by atomic mass is 9.92. The van der Waals surface area contributed by atoms with Crippen molar-refractivity contribution in [2.45, 2.75) is 44.0 Å². The molecule has 1 aliphatic carbocycles. The second-order valence-corrected chi connectivity index (χ2v) is 7.82. The molecule has 1 fully saturated rings. The van der Waals surface area contributed by atoms with E-state index in [1.807, 2.05) is 0 Å². The molecule has 162 valence electrons. The fraction of sp³-hybridized carbons (Fsp3) is 0.400. The summed E-state index contributed by atoms with van der Waals surface area (Å²) in [5.74, 6) is -0.690. The number of amides is 1. The topological polar surface area (TPSA) is 71.5 Å². The fourth-order valence-electron chi connectivity index (χ4n) is 3.22. The molecule has 2 N–H and O–H groups in total. The zero-order valence-corrected chi connectivity index (χ0v) is 17.2. The number of aliphatic hydroxyl groups is 1. The number of rotatable bonds is 5. The van der Waals surface area contributed by atoms with Gasteiger partial charge in [0.2, 0.25) is 0 Å². The summed E-state index contributed by atoms with van der Waals surface area (Å²) in [5, 5.41) is 13.2. The van der Waals surface area contributed by atoms with E-state index < -0.39 is 30.8 Å². The lowest BCUT2D eigenvalue weighted by Gasteiger charge is -2.28. The number of ether oxygens (including phenoxy) is 1. The van der Waals surface area contributed by atoms with Crippen molar-refractivity contribution < 1.29 is 27.8 Å². The summed E-state index contributed by atoms with van der Waals surface area (Å²) < 4.78 is 42.8. The quantitative estimate of drug-likeness (QED) is 0.653. The Balaban J connectivity index is 1.91. The average Bonchev–Trinajstić information content (AvgIpc) is 2.69. The Morgan fingerprint density at radius 3 is 2.57 bits per heavy atom. The molecule has 2 atom stereocenters. The summed E-state index contributed by atoms with van der Waals surface area (Å²) in [5.41, 5.74) is 0.344. The van der Waals surface area contributed by atoms with E-state index in [1.165, 1.54) is 30.3 Å². The Labute approximate surface area is 181 Å². The molecule has 1 saturated carbocycles. The molecule has 1 aromatic carbocycles. The van der Waals surface area contributed by atoms with Gasteiger partial charge in [-0.05, 0) is 37.1 Å². The summed E-state index contributed by atoms with van der Waals surface area (Å²) in [6.07, 6.45) is -2.18. The summed E-state index contributed by atoms with van der Waals surface area (Å²) in [6, 6.07) is 6.55. The van der Waals surface area contributed by atoms with Gasteiger partial charge in [-0.3, -0.25) is 4.79 Å². The molecule has 2 aromatic rings. The first-order valence-electron chi connectivity index (χ1n) is 9.29. The lowest BCUT2D eigenvalue weighted by molar-refractivity contribution is -0.153. The van der Waals surface area contributed by atoms with E-state index in [1.54, 1.807) is 0 Å². The van der Waals surface area contributed by atoms with Gasteiger partial charge in [0.15, 0.2) is 6.61 Å². The minimum atomic E-state index is -4.54. The van der Waals surface area contributed by atoms with Gasteiger partial charge in [0, 0.05) is 5.56 Å². The van der Waals surface area contributed by atoms with E-state index in [9.17, 15) is 23.1 Å². The van der Waals surface area contributed by atoms with Gasteiger partial charge in [-0.2, -0.15) is 13.2 Å². The molecule has 1 heterocycles. The van der Waals surface area contributed by atoms with Crippen LogP contribution >= 0.6 is 23.2 Å². The molecule has 30 heavy (non-hydrogen) atoms. The highest BCUT2D eigenvalue weighted by molar-refractivity contribution is 6.42. The van der Waals surface area contributed by atoms with Crippen LogP contribution in [0.25, 0.3) is 11.3 Å². The first-order chi connectivity index (χ1) is 14.1. The normalized spacial score (nSPS) is 19.4. The van der Waals surface area contributed by atoms with E-state index in [-0.39, 0.29) is 27.2 Å². The maximum absolute atomic E-state index is 12.6. The van der Waals surface area contributed by atoms with E-state index in [2.05, 4.69) is 10.3 Å². The SMILES string of the molecule is O=C(N[C@@H]1CCCC[C@H]1O)c1ccc(OCC(F)(F)F)c(-c2ccc(Cl)c(Cl)c2)n1. The molecule has 1 amide bonds. The molecule has 1 aromatic heterocycles. The molecule has 0 saturated heterocycles. The second-order valence-electron chi connectivity index (χ2n) is 7.01. The number of carbonyl (C=O) groups is 1. The average molecular weight is 463 g/mol. The summed E-state index contributed by atoms with van der Waals surface area (Å²) >= 11 is 11.9. The molecule has 1 aliphatic rings. The number of aliphatic hydroxyl groups excluding tert-OH is 1. The third-order valence-electron chi connectivity index (χ3n) is 4.72. The summed E-state index contributed by atoms with van der Waals surface area (Å²) in [4.78, 5) is 16.9. The van der Waals surface area contributed by atoms with Gasteiger partial charge < -0.3 is 15.2 Å². The molecule has 0 aliphatic heterocycles. The molecule has 0 unspecified atom stereocenters. The second kappa shape index (κ2) is 9.41. The van der Waals surface area contributed by atoms with Gasteiger partial charge >= 0.3 is 6.18 Å². The largest absolute Gasteiger partial charge is 0.482 e. The standard InChI is InChI=1S/C20H19Cl2F3N2O3/c21-12-6-5-11(9-13(12)22)18-17(30-10-20(23,24)25)8-7-15(26-18)19(29)27-14-3-1-2-4-16(14)28/h5-9,14,16,28H,1-4,10H2,(H,27,29)/t14-,16-/m1/s1. The van der Waals surface area contributed by atoms with Gasteiger partial charge in [-0.25, -0.2) is 4.98 Å². The highest BCUT2D eigenvalue weighted by atomic mass is 35.5. The summed E-state index contributed by atoms with van der Waals surface area (Å²) in [7, 11) is 0. The van der Waals surface area contributed by atoms with Crippen molar-refractivity contribution in [3.63, 3.8) is 0 Å². The van der Waals surface area contributed by atoms with Crippen LogP contribution in [0, 0.1) is 0 Å². The number of aromatic nitrogens is 1. The van der Waals surface area contributed by atoms with Crippen LogP contribution in [-0.2, 0) is 0 Å². The number of halogens is 5. The Morgan fingerprint density at radius 2 is 1.90 bits per heavy atom. The predicted octanol–water partition coefficient (Wildman–Crippen LogP) is 5.03. The molecule has 10 heteroatoms. The number of pyridine rings is 1.